The lowest BCUT2D eigenvalue weighted by Crippen LogP contribution is -2.34. The first-order valence-electron chi connectivity index (χ1n) is 9.07. The molecule has 1 atom stereocenters. The van der Waals surface area contributed by atoms with E-state index in [4.69, 9.17) is 4.74 Å². The average Bonchev–Trinajstić information content (AvgIpc) is 2.71. The van der Waals surface area contributed by atoms with Crippen molar-refractivity contribution >= 4 is 28.6 Å². The van der Waals surface area contributed by atoms with Gasteiger partial charge in [-0.25, -0.2) is 4.98 Å². The number of aromatic nitrogens is 2. The summed E-state index contributed by atoms with van der Waals surface area (Å²) < 4.78 is 6.60. The van der Waals surface area contributed by atoms with Crippen LogP contribution in [0.2, 0.25) is 0 Å². The second-order valence-electron chi connectivity index (χ2n) is 6.33. The van der Waals surface area contributed by atoms with Crippen molar-refractivity contribution in [2.24, 2.45) is 0 Å². The molecule has 0 fully saturated rings. The topological polar surface area (TPSA) is 73.2 Å². The fraction of sp³-hybridized carbons (Fsp3) is 0.286. The standard InChI is InChI=1S/C21H23N3O3S/c1-15(19(25)22-12-13-27-2)28-21-23-18-11-7-6-10-17(18)20(26)24(21)14-16-8-4-3-5-9-16/h3-11,15H,12-14H2,1-2H3,(H,22,25)/t15-/m1/s1. The summed E-state index contributed by atoms with van der Waals surface area (Å²) in [4.78, 5) is 30.1. The molecule has 3 aromatic rings. The minimum absolute atomic E-state index is 0.107. The molecule has 0 aliphatic carbocycles. The van der Waals surface area contributed by atoms with Crippen molar-refractivity contribution in [3.8, 4) is 0 Å². The third-order valence-corrected chi connectivity index (χ3v) is 5.36. The summed E-state index contributed by atoms with van der Waals surface area (Å²) in [6.07, 6.45) is 0. The number of benzene rings is 2. The van der Waals surface area contributed by atoms with Gasteiger partial charge in [0.05, 0.1) is 29.3 Å². The van der Waals surface area contributed by atoms with E-state index < -0.39 is 5.25 Å². The molecular formula is C21H23N3O3S. The number of nitrogens with zero attached hydrogens (tertiary/aromatic N) is 2. The van der Waals surface area contributed by atoms with Gasteiger partial charge in [-0.1, -0.05) is 54.2 Å². The van der Waals surface area contributed by atoms with E-state index in [2.05, 4.69) is 10.3 Å². The van der Waals surface area contributed by atoms with Gasteiger partial charge in [0.25, 0.3) is 5.56 Å². The third-order valence-electron chi connectivity index (χ3n) is 4.27. The Balaban J connectivity index is 1.94. The molecule has 146 valence electrons. The molecule has 0 aliphatic heterocycles. The van der Waals surface area contributed by atoms with Gasteiger partial charge < -0.3 is 10.1 Å². The van der Waals surface area contributed by atoms with Gasteiger partial charge in [0, 0.05) is 13.7 Å². The van der Waals surface area contributed by atoms with Crippen LogP contribution < -0.4 is 10.9 Å². The van der Waals surface area contributed by atoms with Gasteiger partial charge in [0.15, 0.2) is 5.16 Å². The third kappa shape index (κ3) is 4.79. The summed E-state index contributed by atoms with van der Waals surface area (Å²) in [5.74, 6) is -0.115. The van der Waals surface area contributed by atoms with Crippen molar-refractivity contribution in [3.63, 3.8) is 0 Å². The van der Waals surface area contributed by atoms with Crippen molar-refractivity contribution in [3.05, 3.63) is 70.5 Å². The number of nitrogens with one attached hydrogen (secondary N) is 1. The Hall–Kier alpha value is -2.64. The van der Waals surface area contributed by atoms with Crippen LogP contribution in [0.4, 0.5) is 0 Å². The summed E-state index contributed by atoms with van der Waals surface area (Å²) >= 11 is 1.28. The summed E-state index contributed by atoms with van der Waals surface area (Å²) in [6, 6.07) is 17.0. The van der Waals surface area contributed by atoms with E-state index in [1.54, 1.807) is 24.7 Å². The number of thioether (sulfide) groups is 1. The highest BCUT2D eigenvalue weighted by molar-refractivity contribution is 8.00. The minimum atomic E-state index is -0.396. The summed E-state index contributed by atoms with van der Waals surface area (Å²) in [7, 11) is 1.59. The Morgan fingerprint density at radius 3 is 2.64 bits per heavy atom. The molecule has 2 aromatic carbocycles. The molecule has 1 aromatic heterocycles. The lowest BCUT2D eigenvalue weighted by molar-refractivity contribution is -0.120. The quantitative estimate of drug-likeness (QED) is 0.359. The number of hydrogen-bond acceptors (Lipinski definition) is 5. The number of hydrogen-bond donors (Lipinski definition) is 1. The second kappa shape index (κ2) is 9.52. The van der Waals surface area contributed by atoms with Gasteiger partial charge in [-0.3, -0.25) is 14.2 Å². The van der Waals surface area contributed by atoms with Crippen molar-refractivity contribution in [2.75, 3.05) is 20.3 Å². The first-order valence-corrected chi connectivity index (χ1v) is 9.95. The van der Waals surface area contributed by atoms with Crippen LogP contribution >= 0.6 is 11.8 Å². The van der Waals surface area contributed by atoms with Crippen LogP contribution in [-0.2, 0) is 16.1 Å². The van der Waals surface area contributed by atoms with Gasteiger partial charge >= 0.3 is 0 Å². The molecule has 6 nitrogen and oxygen atoms in total. The van der Waals surface area contributed by atoms with Crippen molar-refractivity contribution in [2.45, 2.75) is 23.9 Å². The van der Waals surface area contributed by atoms with Crippen LogP contribution in [0.1, 0.15) is 12.5 Å². The van der Waals surface area contributed by atoms with E-state index in [9.17, 15) is 9.59 Å². The monoisotopic (exact) mass is 397 g/mol. The first-order chi connectivity index (χ1) is 13.6. The van der Waals surface area contributed by atoms with Crippen LogP contribution in [0, 0.1) is 0 Å². The number of ether oxygens (including phenoxy) is 1. The molecule has 0 saturated heterocycles. The zero-order chi connectivity index (χ0) is 19.9. The van der Waals surface area contributed by atoms with Gasteiger partial charge in [-0.15, -0.1) is 0 Å². The predicted octanol–water partition coefficient (Wildman–Crippen LogP) is 2.69. The van der Waals surface area contributed by atoms with E-state index in [0.29, 0.717) is 35.8 Å². The number of methoxy groups -OCH3 is 1. The molecule has 0 saturated carbocycles. The first kappa shape index (κ1) is 20.1. The lowest BCUT2D eigenvalue weighted by atomic mass is 10.2. The maximum Gasteiger partial charge on any atom is 0.262 e. The highest BCUT2D eigenvalue weighted by Gasteiger charge is 2.19. The normalized spacial score (nSPS) is 12.1. The van der Waals surface area contributed by atoms with Crippen molar-refractivity contribution in [1.82, 2.24) is 14.9 Å². The zero-order valence-corrected chi connectivity index (χ0v) is 16.7. The fourth-order valence-corrected chi connectivity index (χ4v) is 3.71. The molecule has 0 bridgehead atoms. The van der Waals surface area contributed by atoms with E-state index in [1.165, 1.54) is 11.8 Å². The zero-order valence-electron chi connectivity index (χ0n) is 15.9. The van der Waals surface area contributed by atoms with Gasteiger partial charge in [0.2, 0.25) is 5.91 Å². The minimum Gasteiger partial charge on any atom is -0.383 e. The summed E-state index contributed by atoms with van der Waals surface area (Å²) in [6.45, 7) is 3.11. The molecule has 1 heterocycles. The second-order valence-corrected chi connectivity index (χ2v) is 7.64. The van der Waals surface area contributed by atoms with E-state index in [-0.39, 0.29) is 11.5 Å². The van der Waals surface area contributed by atoms with Crippen LogP contribution in [0.5, 0.6) is 0 Å². The molecule has 7 heteroatoms. The highest BCUT2D eigenvalue weighted by Crippen LogP contribution is 2.23. The Kier molecular flexibility index (Phi) is 6.84. The lowest BCUT2D eigenvalue weighted by Gasteiger charge is -2.16. The van der Waals surface area contributed by atoms with E-state index in [1.807, 2.05) is 48.5 Å². The molecular weight excluding hydrogens is 374 g/mol. The fourth-order valence-electron chi connectivity index (χ4n) is 2.77. The molecule has 0 aliphatic rings. The van der Waals surface area contributed by atoms with Crippen molar-refractivity contribution < 1.29 is 9.53 Å². The number of para-hydroxylation sites is 1. The van der Waals surface area contributed by atoms with Crippen LogP contribution in [0.3, 0.4) is 0 Å². The highest BCUT2D eigenvalue weighted by atomic mass is 32.2. The Labute approximate surface area is 167 Å². The van der Waals surface area contributed by atoms with Crippen LogP contribution in [-0.4, -0.2) is 41.0 Å². The smallest absolute Gasteiger partial charge is 0.262 e. The molecule has 28 heavy (non-hydrogen) atoms. The largest absolute Gasteiger partial charge is 0.383 e. The molecule has 1 N–H and O–H groups in total. The Morgan fingerprint density at radius 1 is 1.18 bits per heavy atom. The van der Waals surface area contributed by atoms with Crippen LogP contribution in [0.25, 0.3) is 10.9 Å². The molecule has 0 spiro atoms. The maximum atomic E-state index is 13.1. The predicted molar refractivity (Wildman–Crippen MR) is 112 cm³/mol. The van der Waals surface area contributed by atoms with E-state index in [0.717, 1.165) is 5.56 Å². The van der Waals surface area contributed by atoms with Crippen molar-refractivity contribution in [1.29, 1.82) is 0 Å². The summed E-state index contributed by atoms with van der Waals surface area (Å²) in [5.41, 5.74) is 1.52. The van der Waals surface area contributed by atoms with Gasteiger partial charge in [-0.2, -0.15) is 0 Å². The molecule has 3 rings (SSSR count). The Morgan fingerprint density at radius 2 is 1.89 bits per heavy atom. The average molecular weight is 398 g/mol. The number of fused-ring (bicyclic) bond motifs is 1. The number of carbonyl (C=O) groups is 1. The number of amides is 1. The number of carbonyl (C=O) groups excluding carboxylic acids is 1. The molecule has 0 radical (unpaired) electrons. The molecule has 0 unspecified atom stereocenters. The SMILES string of the molecule is COCCNC(=O)[C@@H](C)Sc1nc2ccccc2c(=O)n1Cc1ccccc1. The van der Waals surface area contributed by atoms with Gasteiger partial charge in [-0.05, 0) is 24.6 Å². The molecule has 1 amide bonds. The Bertz CT molecular complexity index is 1000. The summed E-state index contributed by atoms with van der Waals surface area (Å²) in [5, 5.41) is 3.53. The van der Waals surface area contributed by atoms with Crippen LogP contribution in [0.15, 0.2) is 64.5 Å². The maximum absolute atomic E-state index is 13.1. The number of rotatable bonds is 8. The van der Waals surface area contributed by atoms with E-state index >= 15 is 0 Å². The van der Waals surface area contributed by atoms with Gasteiger partial charge in [0.1, 0.15) is 0 Å².